The van der Waals surface area contributed by atoms with Gasteiger partial charge < -0.3 is 5.73 Å². The zero-order chi connectivity index (χ0) is 13.7. The van der Waals surface area contributed by atoms with Crippen molar-refractivity contribution in [1.29, 1.82) is 0 Å². The highest BCUT2D eigenvalue weighted by molar-refractivity contribution is 5.15. The fourth-order valence-corrected chi connectivity index (χ4v) is 3.48. The molecular weight excluding hydrogens is 242 g/mol. The Bertz CT molecular complexity index is 395. The molecule has 1 nitrogen and oxygen atoms in total. The number of aryl methyl sites for hydroxylation is 1. The summed E-state index contributed by atoms with van der Waals surface area (Å²) in [6, 6.07) is 11.2. The number of nitrogens with two attached hydrogens (primary N) is 1. The van der Waals surface area contributed by atoms with Gasteiger partial charge in [0.15, 0.2) is 0 Å². The van der Waals surface area contributed by atoms with E-state index in [0.29, 0.717) is 12.0 Å². The summed E-state index contributed by atoms with van der Waals surface area (Å²) in [5.74, 6) is 1.40. The summed E-state index contributed by atoms with van der Waals surface area (Å²) in [5.41, 5.74) is 8.92. The smallest absolute Gasteiger partial charge is 0.00416 e. The molecule has 0 aromatic heterocycles. The second kappa shape index (κ2) is 8.26. The molecule has 0 saturated heterocycles. The highest BCUT2D eigenvalue weighted by Gasteiger charge is 2.27. The zero-order valence-electron chi connectivity index (χ0n) is 12.1. The van der Waals surface area contributed by atoms with E-state index in [4.69, 9.17) is 5.73 Å². The zero-order valence-corrected chi connectivity index (χ0v) is 12.1. The van der Waals surface area contributed by atoms with Gasteiger partial charge in [0.05, 0.1) is 0 Å². The Hall–Kier alpha value is -1.08. The molecule has 0 radical (unpaired) electrons. The minimum atomic E-state index is 0. The van der Waals surface area contributed by atoms with E-state index in [1.54, 1.807) is 0 Å². The van der Waals surface area contributed by atoms with Crippen LogP contribution >= 0.6 is 0 Å². The van der Waals surface area contributed by atoms with Gasteiger partial charge >= 0.3 is 0 Å². The average molecular weight is 273 g/mol. The van der Waals surface area contributed by atoms with Crippen LogP contribution in [-0.4, -0.2) is 6.04 Å². The minimum absolute atomic E-state index is 0. The molecule has 2 N–H and O–H groups in total. The van der Waals surface area contributed by atoms with Crippen molar-refractivity contribution >= 4 is 0 Å². The quantitative estimate of drug-likeness (QED) is 0.753. The van der Waals surface area contributed by atoms with Crippen LogP contribution in [0.5, 0.6) is 0 Å². The minimum Gasteiger partial charge on any atom is -0.328 e. The average Bonchev–Trinajstić information content (AvgIpc) is 2.40. The van der Waals surface area contributed by atoms with Crippen molar-refractivity contribution in [3.05, 3.63) is 48.0 Å². The number of rotatable bonds is 5. The highest BCUT2D eigenvalue weighted by atomic mass is 14.6. The SMILES string of the molecule is C.C=C(C)C(CCc1ccccc1)C1CCCC(N)C1. The third-order valence-corrected chi connectivity index (χ3v) is 4.54. The fourth-order valence-electron chi connectivity index (χ4n) is 3.48. The highest BCUT2D eigenvalue weighted by Crippen LogP contribution is 2.35. The Morgan fingerprint density at radius 3 is 2.60 bits per heavy atom. The molecule has 2 rings (SSSR count). The van der Waals surface area contributed by atoms with Gasteiger partial charge in [-0.2, -0.15) is 0 Å². The largest absolute Gasteiger partial charge is 0.328 e. The van der Waals surface area contributed by atoms with Crippen molar-refractivity contribution in [3.63, 3.8) is 0 Å². The first-order valence-electron chi connectivity index (χ1n) is 7.61. The molecule has 1 heteroatoms. The molecule has 3 unspecified atom stereocenters. The lowest BCUT2D eigenvalue weighted by Gasteiger charge is -2.33. The van der Waals surface area contributed by atoms with Crippen LogP contribution in [0.3, 0.4) is 0 Å². The molecule has 20 heavy (non-hydrogen) atoms. The van der Waals surface area contributed by atoms with Crippen LogP contribution in [0.4, 0.5) is 0 Å². The van der Waals surface area contributed by atoms with Crippen molar-refractivity contribution < 1.29 is 0 Å². The van der Waals surface area contributed by atoms with Gasteiger partial charge in [0.25, 0.3) is 0 Å². The second-order valence-electron chi connectivity index (χ2n) is 6.16. The molecule has 1 aliphatic carbocycles. The lowest BCUT2D eigenvalue weighted by atomic mass is 9.73. The second-order valence-corrected chi connectivity index (χ2v) is 6.16. The number of hydrogen-bond donors (Lipinski definition) is 1. The molecule has 0 bridgehead atoms. The normalized spacial score (nSPS) is 23.7. The van der Waals surface area contributed by atoms with Gasteiger partial charge in [0.2, 0.25) is 0 Å². The van der Waals surface area contributed by atoms with E-state index < -0.39 is 0 Å². The summed E-state index contributed by atoms with van der Waals surface area (Å²) in [6.07, 6.45) is 7.40. The predicted octanol–water partition coefficient (Wildman–Crippen LogP) is 4.97. The summed E-state index contributed by atoms with van der Waals surface area (Å²) >= 11 is 0. The van der Waals surface area contributed by atoms with Crippen molar-refractivity contribution in [3.8, 4) is 0 Å². The summed E-state index contributed by atoms with van der Waals surface area (Å²) in [7, 11) is 0. The molecule has 1 aromatic rings. The van der Waals surface area contributed by atoms with E-state index in [0.717, 1.165) is 12.3 Å². The molecule has 1 aromatic carbocycles. The van der Waals surface area contributed by atoms with Crippen molar-refractivity contribution in [2.24, 2.45) is 17.6 Å². The summed E-state index contributed by atoms with van der Waals surface area (Å²) in [5, 5.41) is 0. The number of allylic oxidation sites excluding steroid dienone is 1. The Morgan fingerprint density at radius 1 is 1.30 bits per heavy atom. The van der Waals surface area contributed by atoms with Crippen LogP contribution < -0.4 is 5.73 Å². The topological polar surface area (TPSA) is 26.0 Å². The fraction of sp³-hybridized carbons (Fsp3) is 0.579. The molecule has 112 valence electrons. The maximum atomic E-state index is 6.14. The van der Waals surface area contributed by atoms with E-state index in [-0.39, 0.29) is 7.43 Å². The maximum absolute atomic E-state index is 6.14. The van der Waals surface area contributed by atoms with Crippen LogP contribution in [0.2, 0.25) is 0 Å². The summed E-state index contributed by atoms with van der Waals surface area (Å²) in [4.78, 5) is 0. The molecule has 1 aliphatic rings. The predicted molar refractivity (Wildman–Crippen MR) is 89.7 cm³/mol. The number of benzene rings is 1. The maximum Gasteiger partial charge on any atom is 0.00416 e. The molecule has 1 saturated carbocycles. The van der Waals surface area contributed by atoms with Crippen molar-refractivity contribution in [2.45, 2.75) is 58.9 Å². The molecular formula is C19H31N. The van der Waals surface area contributed by atoms with E-state index in [9.17, 15) is 0 Å². The Balaban J connectivity index is 0.00000200. The van der Waals surface area contributed by atoms with Gasteiger partial charge in [0, 0.05) is 6.04 Å². The summed E-state index contributed by atoms with van der Waals surface area (Å²) in [6.45, 7) is 6.42. The van der Waals surface area contributed by atoms with Crippen LogP contribution in [0, 0.1) is 11.8 Å². The monoisotopic (exact) mass is 273 g/mol. The van der Waals surface area contributed by atoms with Gasteiger partial charge in [-0.1, -0.05) is 56.3 Å². The van der Waals surface area contributed by atoms with Crippen LogP contribution in [-0.2, 0) is 6.42 Å². The van der Waals surface area contributed by atoms with Gasteiger partial charge in [0.1, 0.15) is 0 Å². The van der Waals surface area contributed by atoms with E-state index >= 15 is 0 Å². The lowest BCUT2D eigenvalue weighted by Crippen LogP contribution is -2.31. The summed E-state index contributed by atoms with van der Waals surface area (Å²) < 4.78 is 0. The van der Waals surface area contributed by atoms with Crippen LogP contribution in [0.25, 0.3) is 0 Å². The third kappa shape index (κ3) is 4.79. The standard InChI is InChI=1S/C18H27N.CH4/c1-14(2)18(16-9-6-10-17(19)13-16)12-11-15-7-4-3-5-8-15;/h3-5,7-8,16-18H,1,6,9-13,19H2,2H3;1H4. The van der Waals surface area contributed by atoms with Crippen LogP contribution in [0.1, 0.15) is 52.0 Å². The molecule has 1 fully saturated rings. The van der Waals surface area contributed by atoms with Crippen molar-refractivity contribution in [1.82, 2.24) is 0 Å². The Morgan fingerprint density at radius 2 is 2.00 bits per heavy atom. The van der Waals surface area contributed by atoms with Gasteiger partial charge in [-0.15, -0.1) is 0 Å². The van der Waals surface area contributed by atoms with Gasteiger partial charge in [-0.05, 0) is 56.4 Å². The molecule has 0 spiro atoms. The Kier molecular flexibility index (Phi) is 7.01. The third-order valence-electron chi connectivity index (χ3n) is 4.54. The van der Waals surface area contributed by atoms with Crippen molar-refractivity contribution in [2.75, 3.05) is 0 Å². The molecule has 0 heterocycles. The Labute approximate surface area is 125 Å². The first-order valence-corrected chi connectivity index (χ1v) is 7.61. The van der Waals surface area contributed by atoms with Gasteiger partial charge in [-0.25, -0.2) is 0 Å². The first kappa shape index (κ1) is 17.0. The van der Waals surface area contributed by atoms with E-state index in [1.165, 1.54) is 43.2 Å². The lowest BCUT2D eigenvalue weighted by molar-refractivity contribution is 0.245. The van der Waals surface area contributed by atoms with E-state index in [1.807, 2.05) is 0 Å². The number of hydrogen-bond acceptors (Lipinski definition) is 1. The molecule has 0 amide bonds. The molecule has 3 atom stereocenters. The van der Waals surface area contributed by atoms with Gasteiger partial charge in [-0.3, -0.25) is 0 Å². The van der Waals surface area contributed by atoms with Crippen LogP contribution in [0.15, 0.2) is 42.5 Å². The van der Waals surface area contributed by atoms with E-state index in [2.05, 4.69) is 43.8 Å². The first-order chi connectivity index (χ1) is 9.16. The molecule has 0 aliphatic heterocycles.